The van der Waals surface area contributed by atoms with Gasteiger partial charge in [0.2, 0.25) is 11.8 Å². The van der Waals surface area contributed by atoms with Gasteiger partial charge in [0.25, 0.3) is 0 Å². The third kappa shape index (κ3) is 7.44. The smallest absolute Gasteiger partial charge is 0.243 e. The van der Waals surface area contributed by atoms with E-state index in [4.69, 9.17) is 0 Å². The maximum atomic E-state index is 14.7. The normalized spacial score (nSPS) is 14.4. The maximum absolute atomic E-state index is 14.7. The van der Waals surface area contributed by atoms with Crippen molar-refractivity contribution in [2.24, 2.45) is 0 Å². The predicted molar refractivity (Wildman–Crippen MR) is 143 cm³/mol. The van der Waals surface area contributed by atoms with Crippen molar-refractivity contribution < 1.29 is 14.0 Å². The largest absolute Gasteiger partial charge is 0.352 e. The number of thioether (sulfide) groups is 1. The van der Waals surface area contributed by atoms with Crippen molar-refractivity contribution in [3.8, 4) is 0 Å². The minimum Gasteiger partial charge on any atom is -0.352 e. The summed E-state index contributed by atoms with van der Waals surface area (Å²) in [4.78, 5) is 29.9. The quantitative estimate of drug-likeness (QED) is 0.326. The summed E-state index contributed by atoms with van der Waals surface area (Å²) >= 11 is 1.60. The van der Waals surface area contributed by atoms with E-state index in [9.17, 15) is 14.0 Å². The molecule has 0 radical (unpaired) electrons. The van der Waals surface area contributed by atoms with Crippen LogP contribution in [0, 0.1) is 5.82 Å². The van der Waals surface area contributed by atoms with Crippen LogP contribution >= 0.6 is 11.8 Å². The Morgan fingerprint density at radius 2 is 1.56 bits per heavy atom. The summed E-state index contributed by atoms with van der Waals surface area (Å²) in [5.74, 6) is -0.0993. The van der Waals surface area contributed by atoms with Gasteiger partial charge in [-0.3, -0.25) is 9.59 Å². The lowest BCUT2D eigenvalue weighted by molar-refractivity contribution is -0.141. The fraction of sp³-hybridized carbons (Fsp3) is 0.333. The Morgan fingerprint density at radius 1 is 0.917 bits per heavy atom. The van der Waals surface area contributed by atoms with Crippen molar-refractivity contribution in [3.05, 3.63) is 102 Å². The van der Waals surface area contributed by atoms with Crippen LogP contribution in [0.2, 0.25) is 0 Å². The predicted octanol–water partition coefficient (Wildman–Crippen LogP) is 6.01. The number of carbonyl (C=O) groups is 2. The van der Waals surface area contributed by atoms with Crippen molar-refractivity contribution in [2.75, 3.05) is 5.75 Å². The highest BCUT2D eigenvalue weighted by Crippen LogP contribution is 2.23. The van der Waals surface area contributed by atoms with Crippen LogP contribution in [-0.2, 0) is 22.6 Å². The molecule has 2 amide bonds. The molecule has 0 bridgehead atoms. The summed E-state index contributed by atoms with van der Waals surface area (Å²) in [6, 6.07) is 25.5. The zero-order valence-electron chi connectivity index (χ0n) is 20.4. The molecular weight excluding hydrogens is 471 g/mol. The molecule has 1 aliphatic carbocycles. The number of carbonyl (C=O) groups excluding carboxylic acids is 2. The molecule has 6 heteroatoms. The van der Waals surface area contributed by atoms with Crippen molar-refractivity contribution in [2.45, 2.75) is 62.0 Å². The first kappa shape index (κ1) is 26.0. The van der Waals surface area contributed by atoms with E-state index >= 15 is 0 Å². The summed E-state index contributed by atoms with van der Waals surface area (Å²) < 4.78 is 14.7. The second-order valence-corrected chi connectivity index (χ2v) is 10.4. The van der Waals surface area contributed by atoms with Gasteiger partial charge in [-0.2, -0.15) is 0 Å². The zero-order valence-corrected chi connectivity index (χ0v) is 21.3. The van der Waals surface area contributed by atoms with Crippen molar-refractivity contribution in [1.29, 1.82) is 0 Å². The molecule has 36 heavy (non-hydrogen) atoms. The molecule has 188 valence electrons. The van der Waals surface area contributed by atoms with Crippen LogP contribution in [0.25, 0.3) is 0 Å². The highest BCUT2D eigenvalue weighted by molar-refractivity contribution is 7.99. The number of nitrogens with zero attached hydrogens (tertiary/aromatic N) is 1. The van der Waals surface area contributed by atoms with E-state index in [1.54, 1.807) is 34.9 Å². The Hall–Kier alpha value is -3.12. The van der Waals surface area contributed by atoms with Gasteiger partial charge in [-0.05, 0) is 36.6 Å². The van der Waals surface area contributed by atoms with Crippen LogP contribution in [0.1, 0.15) is 43.2 Å². The number of amides is 2. The third-order valence-corrected chi connectivity index (χ3v) is 7.61. The topological polar surface area (TPSA) is 49.4 Å². The Kier molecular flexibility index (Phi) is 9.56. The van der Waals surface area contributed by atoms with Gasteiger partial charge >= 0.3 is 0 Å². The van der Waals surface area contributed by atoms with E-state index in [0.29, 0.717) is 17.7 Å². The van der Waals surface area contributed by atoms with Gasteiger partial charge in [-0.1, -0.05) is 79.6 Å². The average molecular weight is 505 g/mol. The second kappa shape index (κ2) is 13.3. The molecule has 0 spiro atoms. The Labute approximate surface area is 217 Å². The monoisotopic (exact) mass is 504 g/mol. The first-order valence-corrected chi connectivity index (χ1v) is 13.6. The summed E-state index contributed by atoms with van der Waals surface area (Å²) in [5, 5.41) is 3.19. The van der Waals surface area contributed by atoms with E-state index in [-0.39, 0.29) is 36.6 Å². The fourth-order valence-electron chi connectivity index (χ4n) is 4.65. The van der Waals surface area contributed by atoms with Crippen molar-refractivity contribution in [3.63, 3.8) is 0 Å². The summed E-state index contributed by atoms with van der Waals surface area (Å²) in [5.41, 5.74) is 1.38. The average Bonchev–Trinajstić information content (AvgIpc) is 3.41. The molecule has 0 unspecified atom stereocenters. The van der Waals surface area contributed by atoms with Gasteiger partial charge < -0.3 is 10.2 Å². The lowest BCUT2D eigenvalue weighted by Crippen LogP contribution is -2.52. The second-order valence-electron chi connectivity index (χ2n) is 9.22. The SMILES string of the molecule is O=C(NC1CCCC1)[C@@H](Cc1ccccc1)N(Cc1ccccc1F)C(=O)CCSc1ccccc1. The molecule has 1 N–H and O–H groups in total. The lowest BCUT2D eigenvalue weighted by atomic mass is 10.0. The van der Waals surface area contributed by atoms with Crippen LogP contribution in [0.5, 0.6) is 0 Å². The maximum Gasteiger partial charge on any atom is 0.243 e. The number of hydrogen-bond donors (Lipinski definition) is 1. The number of halogens is 1. The van der Waals surface area contributed by atoms with Crippen LogP contribution in [0.15, 0.2) is 89.8 Å². The number of nitrogens with one attached hydrogen (secondary N) is 1. The van der Waals surface area contributed by atoms with Gasteiger partial charge in [0, 0.05) is 41.6 Å². The molecule has 1 atom stereocenters. The molecule has 4 nitrogen and oxygen atoms in total. The number of rotatable bonds is 11. The minimum atomic E-state index is -0.721. The number of benzene rings is 3. The van der Waals surface area contributed by atoms with Gasteiger partial charge in [-0.25, -0.2) is 4.39 Å². The van der Waals surface area contributed by atoms with E-state index in [2.05, 4.69) is 5.32 Å². The fourth-order valence-corrected chi connectivity index (χ4v) is 5.51. The third-order valence-electron chi connectivity index (χ3n) is 6.60. The molecule has 0 aliphatic heterocycles. The van der Waals surface area contributed by atoms with Crippen LogP contribution in [0.4, 0.5) is 4.39 Å². The van der Waals surface area contributed by atoms with Crippen LogP contribution in [-0.4, -0.2) is 34.6 Å². The Balaban J connectivity index is 1.57. The molecule has 0 heterocycles. The molecule has 0 aromatic heterocycles. The molecule has 1 saturated carbocycles. The molecule has 0 saturated heterocycles. The highest BCUT2D eigenvalue weighted by Gasteiger charge is 2.32. The first-order chi connectivity index (χ1) is 17.6. The zero-order chi connectivity index (χ0) is 25.2. The molecule has 1 fully saturated rings. The lowest BCUT2D eigenvalue weighted by Gasteiger charge is -2.32. The van der Waals surface area contributed by atoms with Crippen LogP contribution in [0.3, 0.4) is 0 Å². The Morgan fingerprint density at radius 3 is 2.25 bits per heavy atom. The van der Waals surface area contributed by atoms with E-state index in [1.165, 1.54) is 6.07 Å². The standard InChI is InChI=1S/C30H33FN2O2S/c31-27-18-10-7-13-24(27)22-33(29(34)19-20-36-26-16-5-2-6-17-26)28(21-23-11-3-1-4-12-23)30(35)32-25-14-8-9-15-25/h1-7,10-13,16-18,25,28H,8-9,14-15,19-22H2,(H,32,35)/t28-/m1/s1. The summed E-state index contributed by atoms with van der Waals surface area (Å²) in [6.07, 6.45) is 4.75. The molecule has 1 aliphatic rings. The van der Waals surface area contributed by atoms with E-state index in [1.807, 2.05) is 60.7 Å². The molecule has 3 aromatic carbocycles. The highest BCUT2D eigenvalue weighted by atomic mass is 32.2. The first-order valence-electron chi connectivity index (χ1n) is 12.6. The van der Waals surface area contributed by atoms with Crippen molar-refractivity contribution >= 4 is 23.6 Å². The van der Waals surface area contributed by atoms with E-state index in [0.717, 1.165) is 36.1 Å². The summed E-state index contributed by atoms with van der Waals surface area (Å²) in [6.45, 7) is 0.0527. The number of hydrogen-bond acceptors (Lipinski definition) is 3. The van der Waals surface area contributed by atoms with Gasteiger partial charge in [-0.15, -0.1) is 11.8 Å². The molecule has 3 aromatic rings. The molecular formula is C30H33FN2O2S. The molecule has 4 rings (SSSR count). The Bertz CT molecular complexity index is 1120. The van der Waals surface area contributed by atoms with Crippen LogP contribution < -0.4 is 5.32 Å². The summed E-state index contributed by atoms with van der Waals surface area (Å²) in [7, 11) is 0. The van der Waals surface area contributed by atoms with E-state index < -0.39 is 6.04 Å². The van der Waals surface area contributed by atoms with Gasteiger partial charge in [0.1, 0.15) is 11.9 Å². The van der Waals surface area contributed by atoms with Gasteiger partial charge in [0.15, 0.2) is 0 Å². The van der Waals surface area contributed by atoms with Gasteiger partial charge in [0.05, 0.1) is 0 Å². The van der Waals surface area contributed by atoms with Crippen molar-refractivity contribution in [1.82, 2.24) is 10.2 Å². The minimum absolute atomic E-state index is 0.0527.